The number of benzene rings is 10. The van der Waals surface area contributed by atoms with Crippen LogP contribution in [0.1, 0.15) is 36.1 Å². The Morgan fingerprint density at radius 1 is 0.324 bits per heavy atom. The number of hydrogen-bond donors (Lipinski definition) is 0. The molecular weight excluding hydrogens is 821 g/mol. The summed E-state index contributed by atoms with van der Waals surface area (Å²) in [6, 6.07) is 88.9. The van der Waals surface area contributed by atoms with Gasteiger partial charge in [0.2, 0.25) is 0 Å². The molecular formula is C66H48N2. The zero-order valence-corrected chi connectivity index (χ0v) is 38.2. The molecule has 0 amide bonds. The first-order valence-electron chi connectivity index (χ1n) is 23.4. The van der Waals surface area contributed by atoms with Crippen LogP contribution in [-0.2, 0) is 0 Å². The van der Waals surface area contributed by atoms with Crippen molar-refractivity contribution in [2.75, 3.05) is 4.90 Å². The standard InChI is InChI=1S/C62H40N2.C4H8/c1-3-15-41(16-4-1)42-27-32-46(33-28-42)63(47-34-29-43(30-35-47)44-31-38-60-57(39-44)53-22-13-14-26-59(53)64(60)45-17-5-2-6-18-45)48-36-37-52-51-21-9-12-25-56(51)62(58(52)40-48)61-54-23-10-7-19-49(54)50-20-8-11-24-55(50)61;1-4(2)3/h1-40H;1H2,2-3H3. The van der Waals surface area contributed by atoms with E-state index in [9.17, 15) is 0 Å². The van der Waals surface area contributed by atoms with E-state index >= 15 is 0 Å². The quantitative estimate of drug-likeness (QED) is 0.151. The summed E-state index contributed by atoms with van der Waals surface area (Å²) in [5.41, 5.74) is 25.7. The number of para-hydroxylation sites is 2. The van der Waals surface area contributed by atoms with Gasteiger partial charge in [0.25, 0.3) is 0 Å². The summed E-state index contributed by atoms with van der Waals surface area (Å²) >= 11 is 0. The van der Waals surface area contributed by atoms with Crippen LogP contribution in [0.3, 0.4) is 0 Å². The number of fused-ring (bicyclic) bond motifs is 9. The summed E-state index contributed by atoms with van der Waals surface area (Å²) in [7, 11) is 0. The van der Waals surface area contributed by atoms with Crippen molar-refractivity contribution in [3.63, 3.8) is 0 Å². The minimum atomic E-state index is 1.10. The smallest absolute Gasteiger partial charge is 0.0541 e. The van der Waals surface area contributed by atoms with E-state index in [1.54, 1.807) is 0 Å². The molecule has 2 nitrogen and oxygen atoms in total. The molecule has 0 fully saturated rings. The lowest BCUT2D eigenvalue weighted by Crippen LogP contribution is -2.10. The van der Waals surface area contributed by atoms with Gasteiger partial charge in [-0.1, -0.05) is 181 Å². The second-order valence-corrected chi connectivity index (χ2v) is 18.0. The lowest BCUT2D eigenvalue weighted by atomic mass is 9.91. The van der Waals surface area contributed by atoms with E-state index in [0.717, 1.165) is 17.1 Å². The highest BCUT2D eigenvalue weighted by Gasteiger charge is 2.33. The Morgan fingerprint density at radius 3 is 1.29 bits per heavy atom. The summed E-state index contributed by atoms with van der Waals surface area (Å²) in [5, 5.41) is 2.50. The Hall–Kier alpha value is -8.72. The predicted octanol–water partition coefficient (Wildman–Crippen LogP) is 18.1. The zero-order chi connectivity index (χ0) is 45.7. The normalized spacial score (nSPS) is 12.0. The lowest BCUT2D eigenvalue weighted by molar-refractivity contribution is 1.18. The third-order valence-electron chi connectivity index (χ3n) is 13.3. The SMILES string of the molecule is C=C(C)C.c1ccc(-c2ccc(N(c3ccc(-c4ccc5c(c4)c4ccccc4n5-c4ccccc4)cc3)c3ccc4c(c3)C(=C3c5ccccc5-c5ccccc53)c3ccccc3-4)cc2)cc1. The highest BCUT2D eigenvalue weighted by molar-refractivity contribution is 6.19. The molecule has 11 aromatic rings. The van der Waals surface area contributed by atoms with Crippen molar-refractivity contribution < 1.29 is 0 Å². The van der Waals surface area contributed by atoms with Crippen LogP contribution in [0.2, 0.25) is 0 Å². The van der Waals surface area contributed by atoms with Crippen LogP contribution in [0.5, 0.6) is 0 Å². The first kappa shape index (κ1) is 40.8. The fourth-order valence-electron chi connectivity index (χ4n) is 10.4. The Morgan fingerprint density at radius 2 is 0.721 bits per heavy atom. The van der Waals surface area contributed by atoms with Crippen molar-refractivity contribution in [1.82, 2.24) is 4.57 Å². The molecule has 0 bridgehead atoms. The number of aromatic nitrogens is 1. The Kier molecular flexibility index (Phi) is 10.1. The van der Waals surface area contributed by atoms with Crippen LogP contribution in [0.15, 0.2) is 255 Å². The van der Waals surface area contributed by atoms with Crippen LogP contribution >= 0.6 is 0 Å². The monoisotopic (exact) mass is 868 g/mol. The molecule has 2 aliphatic rings. The number of hydrogen-bond acceptors (Lipinski definition) is 1. The van der Waals surface area contributed by atoms with Gasteiger partial charge in [-0.2, -0.15) is 0 Å². The maximum atomic E-state index is 3.56. The van der Waals surface area contributed by atoms with Gasteiger partial charge in [-0.25, -0.2) is 0 Å². The Labute approximate surface area is 398 Å². The van der Waals surface area contributed by atoms with Gasteiger partial charge in [-0.3, -0.25) is 0 Å². The average Bonchev–Trinajstić information content (AvgIpc) is 4.02. The van der Waals surface area contributed by atoms with Crippen LogP contribution < -0.4 is 4.90 Å². The molecule has 68 heavy (non-hydrogen) atoms. The second kappa shape index (κ2) is 16.9. The third kappa shape index (κ3) is 6.98. The summed E-state index contributed by atoms with van der Waals surface area (Å²) in [5.74, 6) is 0. The van der Waals surface area contributed by atoms with E-state index < -0.39 is 0 Å². The van der Waals surface area contributed by atoms with E-state index in [1.807, 2.05) is 13.8 Å². The van der Waals surface area contributed by atoms with Crippen molar-refractivity contribution in [2.45, 2.75) is 13.8 Å². The van der Waals surface area contributed by atoms with Gasteiger partial charge in [-0.05, 0) is 158 Å². The number of rotatable bonds is 6. The molecule has 0 unspecified atom stereocenters. The molecule has 13 rings (SSSR count). The van der Waals surface area contributed by atoms with Gasteiger partial charge in [0.05, 0.1) is 11.0 Å². The molecule has 0 spiro atoms. The first-order chi connectivity index (χ1) is 33.5. The maximum absolute atomic E-state index is 3.56. The predicted molar refractivity (Wildman–Crippen MR) is 289 cm³/mol. The third-order valence-corrected chi connectivity index (χ3v) is 13.3. The van der Waals surface area contributed by atoms with Crippen LogP contribution in [0.25, 0.3) is 83.1 Å². The summed E-state index contributed by atoms with van der Waals surface area (Å²) in [4.78, 5) is 2.41. The summed E-state index contributed by atoms with van der Waals surface area (Å²) < 4.78 is 2.37. The lowest BCUT2D eigenvalue weighted by Gasteiger charge is -2.27. The minimum Gasteiger partial charge on any atom is -0.310 e. The summed E-state index contributed by atoms with van der Waals surface area (Å²) in [6.45, 7) is 7.50. The van der Waals surface area contributed by atoms with Gasteiger partial charge in [0.1, 0.15) is 0 Å². The van der Waals surface area contributed by atoms with Crippen molar-refractivity contribution in [3.05, 3.63) is 277 Å². The van der Waals surface area contributed by atoms with Gasteiger partial charge in [0, 0.05) is 33.5 Å². The van der Waals surface area contributed by atoms with Crippen LogP contribution in [-0.4, -0.2) is 4.57 Å². The van der Waals surface area contributed by atoms with Crippen molar-refractivity contribution in [2.24, 2.45) is 0 Å². The van der Waals surface area contributed by atoms with Gasteiger partial charge >= 0.3 is 0 Å². The molecule has 0 atom stereocenters. The maximum Gasteiger partial charge on any atom is 0.0541 e. The van der Waals surface area contributed by atoms with Crippen LogP contribution in [0, 0.1) is 0 Å². The van der Waals surface area contributed by atoms with Crippen molar-refractivity contribution in [3.8, 4) is 50.2 Å². The van der Waals surface area contributed by atoms with Gasteiger partial charge < -0.3 is 9.47 Å². The van der Waals surface area contributed by atoms with E-state index in [1.165, 1.54) is 111 Å². The Bertz CT molecular complexity index is 3690. The molecule has 0 N–H and O–H groups in total. The molecule has 0 saturated heterocycles. The van der Waals surface area contributed by atoms with Gasteiger partial charge in [-0.15, -0.1) is 6.58 Å². The van der Waals surface area contributed by atoms with E-state index in [2.05, 4.69) is 259 Å². The molecule has 2 heteroatoms. The molecule has 0 aliphatic heterocycles. The van der Waals surface area contributed by atoms with E-state index in [4.69, 9.17) is 0 Å². The fraction of sp³-hybridized carbons (Fsp3) is 0.0303. The molecule has 1 aromatic heterocycles. The minimum absolute atomic E-state index is 1.10. The largest absolute Gasteiger partial charge is 0.310 e. The average molecular weight is 869 g/mol. The van der Waals surface area contributed by atoms with E-state index in [0.29, 0.717) is 0 Å². The molecule has 0 radical (unpaired) electrons. The van der Waals surface area contributed by atoms with Crippen molar-refractivity contribution >= 4 is 50.0 Å². The second-order valence-electron chi connectivity index (χ2n) is 18.0. The zero-order valence-electron chi connectivity index (χ0n) is 38.2. The first-order valence-corrected chi connectivity index (χ1v) is 23.4. The van der Waals surface area contributed by atoms with E-state index in [-0.39, 0.29) is 0 Å². The van der Waals surface area contributed by atoms with Gasteiger partial charge in [0.15, 0.2) is 0 Å². The highest BCUT2D eigenvalue weighted by atomic mass is 15.1. The van der Waals surface area contributed by atoms with Crippen molar-refractivity contribution in [1.29, 1.82) is 0 Å². The Balaban J connectivity index is 0.00000116. The molecule has 2 aliphatic carbocycles. The molecule has 1 heterocycles. The summed E-state index contributed by atoms with van der Waals surface area (Å²) in [6.07, 6.45) is 0. The number of nitrogens with zero attached hydrogens (tertiary/aromatic N) is 2. The highest BCUT2D eigenvalue weighted by Crippen LogP contribution is 2.55. The molecule has 0 saturated carbocycles. The topological polar surface area (TPSA) is 8.17 Å². The number of allylic oxidation sites excluding steroid dienone is 1. The number of anilines is 3. The molecule has 322 valence electrons. The fourth-order valence-corrected chi connectivity index (χ4v) is 10.4. The molecule has 10 aromatic carbocycles. The van der Waals surface area contributed by atoms with Crippen LogP contribution in [0.4, 0.5) is 17.1 Å².